The van der Waals surface area contributed by atoms with Gasteiger partial charge in [-0.15, -0.1) is 0 Å². The first-order valence-corrected chi connectivity index (χ1v) is 5.82. The largest absolute Gasteiger partial charge is 0.480 e. The molecule has 1 aromatic rings. The van der Waals surface area contributed by atoms with Crippen molar-refractivity contribution in [3.05, 3.63) is 32.6 Å². The van der Waals surface area contributed by atoms with Gasteiger partial charge in [-0.25, -0.2) is 9.59 Å². The van der Waals surface area contributed by atoms with Gasteiger partial charge in [-0.05, 0) is 12.8 Å². The molecule has 0 saturated heterocycles. The summed E-state index contributed by atoms with van der Waals surface area (Å²) in [4.78, 5) is 49.6. The van der Waals surface area contributed by atoms with E-state index in [1.807, 2.05) is 4.98 Å². The second kappa shape index (κ2) is 4.71. The van der Waals surface area contributed by atoms with E-state index in [0.717, 1.165) is 6.20 Å². The maximum atomic E-state index is 11.9. The molecule has 8 heteroatoms. The summed E-state index contributed by atoms with van der Waals surface area (Å²) in [5.74, 6) is -1.92. The highest BCUT2D eigenvalue weighted by Crippen LogP contribution is 2.30. The van der Waals surface area contributed by atoms with E-state index in [1.165, 1.54) is 0 Å². The quantitative estimate of drug-likeness (QED) is 0.568. The molecule has 8 nitrogen and oxygen atoms in total. The summed E-state index contributed by atoms with van der Waals surface area (Å²) >= 11 is 0. The number of rotatable bonds is 3. The third-order valence-corrected chi connectivity index (χ3v) is 3.28. The number of H-pyrrole nitrogens is 2. The van der Waals surface area contributed by atoms with Gasteiger partial charge in [0.2, 0.25) is 0 Å². The molecule has 0 aliphatic heterocycles. The molecule has 1 aliphatic rings. The Labute approximate surface area is 106 Å². The first-order chi connectivity index (χ1) is 8.94. The number of carboxylic acids is 1. The van der Waals surface area contributed by atoms with E-state index in [-0.39, 0.29) is 5.56 Å². The number of carbonyl (C=O) groups is 2. The van der Waals surface area contributed by atoms with Gasteiger partial charge in [-0.1, -0.05) is 12.8 Å². The smallest absolute Gasteiger partial charge is 0.329 e. The van der Waals surface area contributed by atoms with E-state index in [9.17, 15) is 24.3 Å². The van der Waals surface area contributed by atoms with Crippen molar-refractivity contribution in [2.75, 3.05) is 0 Å². The zero-order chi connectivity index (χ0) is 14.0. The predicted octanol–water partition coefficient (Wildman–Crippen LogP) is -0.810. The Balaban J connectivity index is 2.27. The SMILES string of the molecule is O=C(NC1(C(=O)O)CCCC1)c1c[nH]c(=O)[nH]c1=O. The minimum Gasteiger partial charge on any atom is -0.480 e. The number of hydrogen-bond acceptors (Lipinski definition) is 4. The Hall–Kier alpha value is -2.38. The van der Waals surface area contributed by atoms with Crippen LogP contribution in [0.15, 0.2) is 15.8 Å². The fraction of sp³-hybridized carbons (Fsp3) is 0.455. The van der Waals surface area contributed by atoms with Crippen molar-refractivity contribution in [3.8, 4) is 0 Å². The van der Waals surface area contributed by atoms with Gasteiger partial charge in [0.25, 0.3) is 11.5 Å². The number of carbonyl (C=O) groups excluding carboxylic acids is 1. The summed E-state index contributed by atoms with van der Waals surface area (Å²) in [6, 6.07) is 0. The third-order valence-electron chi connectivity index (χ3n) is 3.28. The Kier molecular flexibility index (Phi) is 3.24. The van der Waals surface area contributed by atoms with Crippen LogP contribution < -0.4 is 16.6 Å². The number of amides is 1. The maximum Gasteiger partial charge on any atom is 0.329 e. The first-order valence-electron chi connectivity index (χ1n) is 5.82. The number of hydrogen-bond donors (Lipinski definition) is 4. The molecule has 19 heavy (non-hydrogen) atoms. The predicted molar refractivity (Wildman–Crippen MR) is 64.0 cm³/mol. The standard InChI is InChI=1S/C11H13N3O5/c15-7-6(5-12-10(19)13-7)8(16)14-11(9(17)18)3-1-2-4-11/h5H,1-4H2,(H,14,16)(H,17,18)(H2,12,13,15,19). The van der Waals surface area contributed by atoms with Crippen molar-refractivity contribution >= 4 is 11.9 Å². The summed E-state index contributed by atoms with van der Waals surface area (Å²) < 4.78 is 0. The minimum absolute atomic E-state index is 0.313. The van der Waals surface area contributed by atoms with Gasteiger partial charge in [-0.2, -0.15) is 0 Å². The molecule has 0 bridgehead atoms. The van der Waals surface area contributed by atoms with Gasteiger partial charge >= 0.3 is 11.7 Å². The van der Waals surface area contributed by atoms with Crippen LogP contribution in [0.4, 0.5) is 0 Å². The summed E-state index contributed by atoms with van der Waals surface area (Å²) in [6.45, 7) is 0. The van der Waals surface area contributed by atoms with E-state index in [2.05, 4.69) is 10.3 Å². The second-order valence-electron chi connectivity index (χ2n) is 4.53. The molecule has 1 aliphatic carbocycles. The van der Waals surface area contributed by atoms with Gasteiger partial charge in [-0.3, -0.25) is 14.6 Å². The van der Waals surface area contributed by atoms with E-state index >= 15 is 0 Å². The zero-order valence-electron chi connectivity index (χ0n) is 9.99. The van der Waals surface area contributed by atoms with Crippen molar-refractivity contribution in [1.82, 2.24) is 15.3 Å². The van der Waals surface area contributed by atoms with Crippen LogP contribution in [0, 0.1) is 0 Å². The number of aromatic amines is 2. The molecule has 2 rings (SSSR count). The van der Waals surface area contributed by atoms with Crippen LogP contribution in [0.1, 0.15) is 36.0 Å². The zero-order valence-corrected chi connectivity index (χ0v) is 9.99. The maximum absolute atomic E-state index is 11.9. The van der Waals surface area contributed by atoms with E-state index < -0.39 is 28.7 Å². The molecule has 0 aromatic carbocycles. The summed E-state index contributed by atoms with van der Waals surface area (Å²) in [6.07, 6.45) is 3.04. The van der Waals surface area contributed by atoms with Crippen LogP contribution >= 0.6 is 0 Å². The molecule has 0 spiro atoms. The highest BCUT2D eigenvalue weighted by molar-refractivity contribution is 5.97. The summed E-state index contributed by atoms with van der Waals surface area (Å²) in [5.41, 5.74) is -3.21. The van der Waals surface area contributed by atoms with Crippen molar-refractivity contribution in [3.63, 3.8) is 0 Å². The molecule has 0 radical (unpaired) electrons. The van der Waals surface area contributed by atoms with Crippen LogP contribution in [0.25, 0.3) is 0 Å². The van der Waals surface area contributed by atoms with Crippen LogP contribution in [0.2, 0.25) is 0 Å². The number of carboxylic acid groups (broad SMARTS) is 1. The topological polar surface area (TPSA) is 132 Å². The van der Waals surface area contributed by atoms with Gasteiger partial charge in [0.1, 0.15) is 11.1 Å². The number of nitrogens with one attached hydrogen (secondary N) is 3. The lowest BCUT2D eigenvalue weighted by Crippen LogP contribution is -2.53. The van der Waals surface area contributed by atoms with Crippen LogP contribution in [0.3, 0.4) is 0 Å². The van der Waals surface area contributed by atoms with Crippen molar-refractivity contribution in [1.29, 1.82) is 0 Å². The Morgan fingerprint density at radius 3 is 2.42 bits per heavy atom. The van der Waals surface area contributed by atoms with E-state index in [4.69, 9.17) is 0 Å². The molecule has 0 atom stereocenters. The average Bonchev–Trinajstić information content (AvgIpc) is 2.78. The minimum atomic E-state index is -1.32. The molecule has 1 heterocycles. The lowest BCUT2D eigenvalue weighted by molar-refractivity contribution is -0.144. The third kappa shape index (κ3) is 2.42. The number of aromatic nitrogens is 2. The van der Waals surface area contributed by atoms with Crippen molar-refractivity contribution in [2.24, 2.45) is 0 Å². The fourth-order valence-electron chi connectivity index (χ4n) is 2.23. The Morgan fingerprint density at radius 1 is 1.26 bits per heavy atom. The molecule has 1 fully saturated rings. The molecular formula is C11H13N3O5. The van der Waals surface area contributed by atoms with Gasteiger partial charge in [0.05, 0.1) is 0 Å². The lowest BCUT2D eigenvalue weighted by Gasteiger charge is -2.24. The molecular weight excluding hydrogens is 254 g/mol. The van der Waals surface area contributed by atoms with E-state index in [1.54, 1.807) is 0 Å². The van der Waals surface area contributed by atoms with Crippen molar-refractivity contribution in [2.45, 2.75) is 31.2 Å². The van der Waals surface area contributed by atoms with E-state index in [0.29, 0.717) is 25.7 Å². The molecule has 0 unspecified atom stereocenters. The monoisotopic (exact) mass is 267 g/mol. The summed E-state index contributed by atoms with van der Waals surface area (Å²) in [5, 5.41) is 11.6. The molecule has 102 valence electrons. The molecule has 1 saturated carbocycles. The Morgan fingerprint density at radius 2 is 1.89 bits per heavy atom. The first kappa shape index (κ1) is 13.1. The van der Waals surface area contributed by atoms with Gasteiger partial charge < -0.3 is 15.4 Å². The van der Waals surface area contributed by atoms with Gasteiger partial charge in [0, 0.05) is 6.20 Å². The lowest BCUT2D eigenvalue weighted by atomic mass is 9.97. The average molecular weight is 267 g/mol. The Bertz CT molecular complexity index is 624. The van der Waals surface area contributed by atoms with Crippen LogP contribution in [0.5, 0.6) is 0 Å². The fourth-order valence-corrected chi connectivity index (χ4v) is 2.23. The number of aliphatic carboxylic acids is 1. The van der Waals surface area contributed by atoms with Crippen molar-refractivity contribution < 1.29 is 14.7 Å². The molecule has 1 amide bonds. The van der Waals surface area contributed by atoms with Gasteiger partial charge in [0.15, 0.2) is 0 Å². The summed E-state index contributed by atoms with van der Waals surface area (Å²) in [7, 11) is 0. The van der Waals surface area contributed by atoms with Crippen LogP contribution in [-0.4, -0.2) is 32.5 Å². The highest BCUT2D eigenvalue weighted by atomic mass is 16.4. The molecule has 4 N–H and O–H groups in total. The highest BCUT2D eigenvalue weighted by Gasteiger charge is 2.43. The normalized spacial score (nSPS) is 17.1. The second-order valence-corrected chi connectivity index (χ2v) is 4.53. The van der Waals surface area contributed by atoms with Crippen LogP contribution in [-0.2, 0) is 4.79 Å². The molecule has 1 aromatic heterocycles.